The highest BCUT2D eigenvalue weighted by molar-refractivity contribution is 5.91. The Kier molecular flexibility index (Phi) is 4.94. The number of hydrogen-bond acceptors (Lipinski definition) is 9. The van der Waals surface area contributed by atoms with Gasteiger partial charge in [-0.05, 0) is 18.2 Å². The Morgan fingerprint density at radius 1 is 1.12 bits per heavy atom. The number of hydrogen-bond donors (Lipinski definition) is 5. The molecule has 0 amide bonds. The zero-order valence-corrected chi connectivity index (χ0v) is 13.2. The lowest BCUT2D eigenvalue weighted by Gasteiger charge is -2.39. The fourth-order valence-electron chi connectivity index (χ4n) is 2.61. The van der Waals surface area contributed by atoms with Crippen molar-refractivity contribution in [2.75, 3.05) is 6.61 Å². The summed E-state index contributed by atoms with van der Waals surface area (Å²) < 4.78 is 15.6. The molecule has 1 aromatic carbocycles. The number of rotatable bonds is 4. The third-order valence-electron chi connectivity index (χ3n) is 4.04. The van der Waals surface area contributed by atoms with Crippen LogP contribution in [0.1, 0.15) is 10.4 Å². The molecule has 3 rings (SSSR count). The van der Waals surface area contributed by atoms with Gasteiger partial charge in [0.05, 0.1) is 6.61 Å². The summed E-state index contributed by atoms with van der Waals surface area (Å²) >= 11 is 0. The average molecular weight is 368 g/mol. The molecule has 5 atom stereocenters. The zero-order valence-electron chi connectivity index (χ0n) is 13.2. The van der Waals surface area contributed by atoms with Gasteiger partial charge in [0.2, 0.25) is 6.29 Å². The molecule has 0 unspecified atom stereocenters. The van der Waals surface area contributed by atoms with Crippen LogP contribution >= 0.6 is 0 Å². The van der Waals surface area contributed by atoms with Crippen LogP contribution in [0, 0.1) is 0 Å². The second-order valence-electron chi connectivity index (χ2n) is 5.77. The molecule has 0 radical (unpaired) electrons. The van der Waals surface area contributed by atoms with Crippen LogP contribution in [-0.2, 0) is 4.74 Å². The molecule has 26 heavy (non-hydrogen) atoms. The Balaban J connectivity index is 1.88. The molecule has 1 aliphatic rings. The highest BCUT2D eigenvalue weighted by Gasteiger charge is 2.44. The first-order chi connectivity index (χ1) is 12.3. The quantitative estimate of drug-likeness (QED) is 0.408. The summed E-state index contributed by atoms with van der Waals surface area (Å²) in [5, 5.41) is 47.9. The van der Waals surface area contributed by atoms with E-state index in [4.69, 9.17) is 24.1 Å². The van der Waals surface area contributed by atoms with E-state index in [1.54, 1.807) is 0 Å². The van der Waals surface area contributed by atoms with E-state index in [-0.39, 0.29) is 11.3 Å². The van der Waals surface area contributed by atoms with E-state index in [0.717, 1.165) is 6.07 Å². The molecule has 0 saturated carbocycles. The second kappa shape index (κ2) is 7.02. The molecule has 10 nitrogen and oxygen atoms in total. The number of aliphatic hydroxyl groups excluding tert-OH is 4. The van der Waals surface area contributed by atoms with Crippen molar-refractivity contribution in [3.8, 4) is 5.75 Å². The van der Waals surface area contributed by atoms with Crippen molar-refractivity contribution < 1.29 is 44.2 Å². The largest absolute Gasteiger partial charge is 0.477 e. The van der Waals surface area contributed by atoms with Crippen LogP contribution in [0.5, 0.6) is 5.75 Å². The van der Waals surface area contributed by atoms with E-state index in [1.165, 1.54) is 18.2 Å². The summed E-state index contributed by atoms with van der Waals surface area (Å²) in [6.45, 7) is -0.602. The fourth-order valence-corrected chi connectivity index (χ4v) is 2.61. The van der Waals surface area contributed by atoms with E-state index < -0.39 is 54.5 Å². The van der Waals surface area contributed by atoms with Gasteiger partial charge in [-0.2, -0.15) is 0 Å². The van der Waals surface area contributed by atoms with E-state index in [9.17, 15) is 24.9 Å². The maximum Gasteiger partial charge on any atom is 0.351 e. The monoisotopic (exact) mass is 368 g/mol. The zero-order chi connectivity index (χ0) is 19.0. The van der Waals surface area contributed by atoms with Gasteiger partial charge < -0.3 is 39.4 Å². The van der Waals surface area contributed by atoms with E-state index >= 15 is 0 Å². The van der Waals surface area contributed by atoms with E-state index in [1.807, 2.05) is 0 Å². The first kappa shape index (κ1) is 18.3. The maximum absolute atomic E-state index is 11.6. The number of fused-ring (bicyclic) bond motifs is 1. The summed E-state index contributed by atoms with van der Waals surface area (Å²) in [5.74, 6) is -1.32. The molecular weight excluding hydrogens is 352 g/mol. The molecule has 0 aliphatic carbocycles. The molecule has 1 aromatic heterocycles. The van der Waals surface area contributed by atoms with Crippen LogP contribution in [0.4, 0.5) is 0 Å². The van der Waals surface area contributed by atoms with Crippen molar-refractivity contribution >= 4 is 16.9 Å². The predicted octanol–water partition coefficient (Wildman–Crippen LogP) is -1.33. The number of carboxylic acids is 1. The summed E-state index contributed by atoms with van der Waals surface area (Å²) in [7, 11) is 0. The summed E-state index contributed by atoms with van der Waals surface area (Å²) in [5.41, 5.74) is -1.50. The Morgan fingerprint density at radius 2 is 1.85 bits per heavy atom. The summed E-state index contributed by atoms with van der Waals surface area (Å²) in [4.78, 5) is 22.6. The molecule has 10 heteroatoms. The molecule has 1 aliphatic heterocycles. The number of benzene rings is 1. The van der Waals surface area contributed by atoms with E-state index in [0.29, 0.717) is 5.39 Å². The standard InChI is InChI=1S/C16H16O10/c17-5-10-11(18)12(19)13(20)16(26-10)24-7-2-1-6-3-8(14(21)22)15(23)25-9(6)4-7/h1-4,10-13,16-20H,5H2,(H,21,22)/t10-,11+,12+,13-,16-/m1/s1. The molecule has 1 saturated heterocycles. The molecule has 0 spiro atoms. The van der Waals surface area contributed by atoms with Gasteiger partial charge in [-0.3, -0.25) is 0 Å². The predicted molar refractivity (Wildman–Crippen MR) is 83.8 cm³/mol. The number of ether oxygens (including phenoxy) is 2. The number of carboxylic acid groups (broad SMARTS) is 1. The topological polar surface area (TPSA) is 167 Å². The van der Waals surface area contributed by atoms with Gasteiger partial charge in [-0.1, -0.05) is 0 Å². The summed E-state index contributed by atoms with van der Waals surface area (Å²) in [6, 6.07) is 5.28. The van der Waals surface area contributed by atoms with Crippen molar-refractivity contribution in [2.24, 2.45) is 0 Å². The Hall–Kier alpha value is -2.50. The third-order valence-corrected chi connectivity index (χ3v) is 4.04. The van der Waals surface area contributed by atoms with Crippen molar-refractivity contribution in [3.63, 3.8) is 0 Å². The lowest BCUT2D eigenvalue weighted by molar-refractivity contribution is -0.277. The van der Waals surface area contributed by atoms with E-state index in [2.05, 4.69) is 0 Å². The van der Waals surface area contributed by atoms with Gasteiger partial charge in [0.25, 0.3) is 0 Å². The molecule has 140 valence electrons. The van der Waals surface area contributed by atoms with Gasteiger partial charge in [0.1, 0.15) is 41.3 Å². The first-order valence-electron chi connectivity index (χ1n) is 7.60. The number of aromatic carboxylic acids is 1. The molecule has 0 bridgehead atoms. The van der Waals surface area contributed by atoms with Crippen molar-refractivity contribution in [1.29, 1.82) is 0 Å². The normalized spacial score (nSPS) is 28.8. The number of aliphatic hydroxyl groups is 4. The van der Waals surface area contributed by atoms with Crippen molar-refractivity contribution in [2.45, 2.75) is 30.7 Å². The van der Waals surface area contributed by atoms with Crippen LogP contribution in [0.3, 0.4) is 0 Å². The van der Waals surface area contributed by atoms with Crippen LogP contribution in [0.15, 0.2) is 33.5 Å². The van der Waals surface area contributed by atoms with Crippen LogP contribution in [0.2, 0.25) is 0 Å². The Morgan fingerprint density at radius 3 is 2.50 bits per heavy atom. The number of carbonyl (C=O) groups is 1. The van der Waals surface area contributed by atoms with Crippen molar-refractivity contribution in [3.05, 3.63) is 40.2 Å². The molecular formula is C16H16O10. The van der Waals surface area contributed by atoms with Gasteiger partial charge in [-0.25, -0.2) is 9.59 Å². The first-order valence-corrected chi connectivity index (χ1v) is 7.60. The average Bonchev–Trinajstić information content (AvgIpc) is 2.61. The van der Waals surface area contributed by atoms with Gasteiger partial charge in [0.15, 0.2) is 0 Å². The summed E-state index contributed by atoms with van der Waals surface area (Å²) in [6.07, 6.45) is -7.23. The smallest absolute Gasteiger partial charge is 0.351 e. The van der Waals surface area contributed by atoms with Crippen LogP contribution in [-0.4, -0.2) is 68.8 Å². The van der Waals surface area contributed by atoms with Gasteiger partial charge in [-0.15, -0.1) is 0 Å². The molecule has 1 fully saturated rings. The Bertz CT molecular complexity index is 873. The van der Waals surface area contributed by atoms with Crippen LogP contribution < -0.4 is 10.4 Å². The lowest BCUT2D eigenvalue weighted by Crippen LogP contribution is -2.60. The SMILES string of the molecule is O=C(O)c1cc2ccc(O[C@@H]3O[C@H](CO)[C@H](O)[C@H](O)[C@H]3O)cc2oc1=O. The fraction of sp³-hybridized carbons (Fsp3) is 0.375. The molecule has 5 N–H and O–H groups in total. The molecule has 2 heterocycles. The minimum Gasteiger partial charge on any atom is -0.477 e. The van der Waals surface area contributed by atoms with Gasteiger partial charge >= 0.3 is 11.6 Å². The minimum absolute atomic E-state index is 0.0436. The maximum atomic E-state index is 11.6. The minimum atomic E-state index is -1.59. The third kappa shape index (κ3) is 3.28. The highest BCUT2D eigenvalue weighted by Crippen LogP contribution is 2.26. The van der Waals surface area contributed by atoms with Gasteiger partial charge in [0, 0.05) is 11.5 Å². The van der Waals surface area contributed by atoms with Crippen molar-refractivity contribution in [1.82, 2.24) is 0 Å². The lowest BCUT2D eigenvalue weighted by atomic mass is 9.99. The Labute approximate surface area is 145 Å². The molecule has 2 aromatic rings. The van der Waals surface area contributed by atoms with Crippen LogP contribution in [0.25, 0.3) is 11.0 Å². The highest BCUT2D eigenvalue weighted by atomic mass is 16.7. The second-order valence-corrected chi connectivity index (χ2v) is 5.77.